The fourth-order valence-corrected chi connectivity index (χ4v) is 4.07. The van der Waals surface area contributed by atoms with Gasteiger partial charge < -0.3 is 29.1 Å². The number of nitrogens with zero attached hydrogens (tertiary/aromatic N) is 3. The molecule has 1 saturated heterocycles. The SMILES string of the molecule is COc1cc2c(C(=O)O)cnc(C(=O)c3cccc(OCC(=O)N4CCN(C)CC4)c3)c2cc1OC. The van der Waals surface area contributed by atoms with Crippen molar-refractivity contribution >= 4 is 28.4 Å². The molecule has 10 nitrogen and oxygen atoms in total. The van der Waals surface area contributed by atoms with Gasteiger partial charge in [-0.2, -0.15) is 0 Å². The molecule has 0 unspecified atom stereocenters. The molecule has 2 aromatic carbocycles. The molecule has 1 aromatic heterocycles. The van der Waals surface area contributed by atoms with Crippen LogP contribution in [0.15, 0.2) is 42.6 Å². The van der Waals surface area contributed by atoms with Crippen LogP contribution < -0.4 is 14.2 Å². The summed E-state index contributed by atoms with van der Waals surface area (Å²) in [5, 5.41) is 10.2. The molecule has 0 spiro atoms. The van der Waals surface area contributed by atoms with E-state index in [0.29, 0.717) is 41.1 Å². The summed E-state index contributed by atoms with van der Waals surface area (Å²) in [4.78, 5) is 45.8. The number of hydrogen-bond acceptors (Lipinski definition) is 8. The Labute approximate surface area is 208 Å². The first-order valence-corrected chi connectivity index (χ1v) is 11.3. The van der Waals surface area contributed by atoms with Gasteiger partial charge in [0.15, 0.2) is 18.1 Å². The molecule has 1 N–H and O–H groups in total. The summed E-state index contributed by atoms with van der Waals surface area (Å²) in [5.74, 6) is -0.689. The maximum Gasteiger partial charge on any atom is 0.337 e. The van der Waals surface area contributed by atoms with Crippen molar-refractivity contribution in [3.8, 4) is 17.2 Å². The van der Waals surface area contributed by atoms with E-state index in [9.17, 15) is 19.5 Å². The van der Waals surface area contributed by atoms with Gasteiger partial charge in [0.05, 0.1) is 19.8 Å². The van der Waals surface area contributed by atoms with Crippen LogP contribution >= 0.6 is 0 Å². The first kappa shape index (κ1) is 24.9. The molecule has 1 aliphatic heterocycles. The molecule has 36 heavy (non-hydrogen) atoms. The first-order chi connectivity index (χ1) is 17.3. The lowest BCUT2D eigenvalue weighted by Crippen LogP contribution is -2.48. The zero-order valence-corrected chi connectivity index (χ0v) is 20.3. The topological polar surface area (TPSA) is 119 Å². The highest BCUT2D eigenvalue weighted by Gasteiger charge is 2.22. The minimum Gasteiger partial charge on any atom is -0.493 e. The first-order valence-electron chi connectivity index (χ1n) is 11.3. The van der Waals surface area contributed by atoms with Gasteiger partial charge in [0.25, 0.3) is 5.91 Å². The maximum atomic E-state index is 13.4. The maximum absolute atomic E-state index is 13.4. The van der Waals surface area contributed by atoms with Crippen molar-refractivity contribution in [3.05, 3.63) is 59.4 Å². The number of methoxy groups -OCH3 is 2. The number of likely N-dealkylation sites (N-methyl/N-ethyl adjacent to an activating group) is 1. The number of carboxylic acid groups (broad SMARTS) is 1. The molecule has 10 heteroatoms. The van der Waals surface area contributed by atoms with E-state index in [1.807, 2.05) is 7.05 Å². The highest BCUT2D eigenvalue weighted by atomic mass is 16.5. The molecule has 188 valence electrons. The standard InChI is InChI=1S/C26H27N3O7/c1-28-7-9-29(10-8-28)23(30)15-36-17-6-4-5-16(11-17)25(31)24-19-13-22(35-3)21(34-2)12-18(19)20(14-27-24)26(32)33/h4-6,11-14H,7-10,15H2,1-3H3,(H,32,33). The van der Waals surface area contributed by atoms with Crippen molar-refractivity contribution < 1.29 is 33.7 Å². The van der Waals surface area contributed by atoms with Crippen LogP contribution in [0, 0.1) is 0 Å². The van der Waals surface area contributed by atoms with Gasteiger partial charge in [-0.3, -0.25) is 14.6 Å². The summed E-state index contributed by atoms with van der Waals surface area (Å²) >= 11 is 0. The highest BCUT2D eigenvalue weighted by Crippen LogP contribution is 2.35. The molecule has 3 aromatic rings. The summed E-state index contributed by atoms with van der Waals surface area (Å²) in [6.45, 7) is 2.79. The minimum absolute atomic E-state index is 0.0571. The molecule has 4 rings (SSSR count). The van der Waals surface area contributed by atoms with Gasteiger partial charge in [-0.1, -0.05) is 12.1 Å². The van der Waals surface area contributed by atoms with Crippen molar-refractivity contribution in [2.45, 2.75) is 0 Å². The summed E-state index contributed by atoms with van der Waals surface area (Å²) in [7, 11) is 4.90. The van der Waals surface area contributed by atoms with Crippen LogP contribution in [0.4, 0.5) is 0 Å². The number of carboxylic acids is 1. The number of carbonyl (C=O) groups is 3. The van der Waals surface area contributed by atoms with Gasteiger partial charge in [0, 0.05) is 48.7 Å². The fraction of sp³-hybridized carbons (Fsp3) is 0.308. The van der Waals surface area contributed by atoms with Crippen molar-refractivity contribution in [1.29, 1.82) is 0 Å². The van der Waals surface area contributed by atoms with E-state index in [0.717, 1.165) is 19.3 Å². The van der Waals surface area contributed by atoms with Gasteiger partial charge >= 0.3 is 5.97 Å². The van der Waals surface area contributed by atoms with Crippen LogP contribution in [0.25, 0.3) is 10.8 Å². The van der Waals surface area contributed by atoms with Crippen molar-refractivity contribution in [2.24, 2.45) is 0 Å². The molecule has 1 amide bonds. The summed E-state index contributed by atoms with van der Waals surface area (Å²) in [5.41, 5.74) is 0.273. The molecule has 0 atom stereocenters. The average Bonchev–Trinajstić information content (AvgIpc) is 2.90. The van der Waals surface area contributed by atoms with Gasteiger partial charge in [-0.15, -0.1) is 0 Å². The Morgan fingerprint density at radius 3 is 2.28 bits per heavy atom. The van der Waals surface area contributed by atoms with E-state index in [2.05, 4.69) is 9.88 Å². The molecule has 1 fully saturated rings. The number of carbonyl (C=O) groups excluding carboxylic acids is 2. The Balaban J connectivity index is 1.61. The van der Waals surface area contributed by atoms with Crippen LogP contribution in [0.5, 0.6) is 17.2 Å². The Morgan fingerprint density at radius 1 is 0.972 bits per heavy atom. The van der Waals surface area contributed by atoms with Crippen molar-refractivity contribution in [2.75, 3.05) is 54.1 Å². The third kappa shape index (κ3) is 5.08. The van der Waals surface area contributed by atoms with Crippen molar-refractivity contribution in [3.63, 3.8) is 0 Å². The molecule has 0 saturated carbocycles. The van der Waals surface area contributed by atoms with E-state index in [-0.39, 0.29) is 29.3 Å². The minimum atomic E-state index is -1.18. The lowest BCUT2D eigenvalue weighted by Gasteiger charge is -2.32. The van der Waals surface area contributed by atoms with Crippen LogP contribution in [0.2, 0.25) is 0 Å². The molecular formula is C26H27N3O7. The van der Waals surface area contributed by atoms with Crippen LogP contribution in [-0.4, -0.2) is 91.6 Å². The predicted octanol–water partition coefficient (Wildman–Crippen LogP) is 2.33. The van der Waals surface area contributed by atoms with E-state index in [1.165, 1.54) is 26.4 Å². The average molecular weight is 494 g/mol. The smallest absolute Gasteiger partial charge is 0.337 e. The van der Waals surface area contributed by atoms with Crippen LogP contribution in [-0.2, 0) is 4.79 Å². The predicted molar refractivity (Wildman–Crippen MR) is 131 cm³/mol. The van der Waals surface area contributed by atoms with E-state index < -0.39 is 11.8 Å². The number of pyridine rings is 1. The number of rotatable bonds is 8. The molecule has 1 aliphatic rings. The molecule has 0 radical (unpaired) electrons. The summed E-state index contributed by atoms with van der Waals surface area (Å²) in [6.07, 6.45) is 1.15. The van der Waals surface area contributed by atoms with E-state index in [1.54, 1.807) is 29.2 Å². The van der Waals surface area contributed by atoms with Crippen LogP contribution in [0.3, 0.4) is 0 Å². The zero-order chi connectivity index (χ0) is 25.8. The Bertz CT molecular complexity index is 1320. The molecule has 0 aliphatic carbocycles. The quantitative estimate of drug-likeness (QED) is 0.472. The molecular weight excluding hydrogens is 466 g/mol. The fourth-order valence-electron chi connectivity index (χ4n) is 4.07. The second-order valence-electron chi connectivity index (χ2n) is 8.41. The highest BCUT2D eigenvalue weighted by molar-refractivity contribution is 6.18. The molecule has 2 heterocycles. The number of fused-ring (bicyclic) bond motifs is 1. The number of hydrogen-bond donors (Lipinski definition) is 1. The summed E-state index contributed by atoms with van der Waals surface area (Å²) < 4.78 is 16.3. The normalized spacial score (nSPS) is 13.9. The number of aromatic carboxylic acids is 1. The number of piperazine rings is 1. The van der Waals surface area contributed by atoms with E-state index >= 15 is 0 Å². The molecule has 0 bridgehead atoms. The van der Waals surface area contributed by atoms with Gasteiger partial charge in [-0.05, 0) is 31.3 Å². The number of ether oxygens (including phenoxy) is 3. The van der Waals surface area contributed by atoms with Crippen molar-refractivity contribution in [1.82, 2.24) is 14.8 Å². The van der Waals surface area contributed by atoms with E-state index in [4.69, 9.17) is 14.2 Å². The number of amides is 1. The Morgan fingerprint density at radius 2 is 1.64 bits per heavy atom. The zero-order valence-electron chi connectivity index (χ0n) is 20.3. The second-order valence-corrected chi connectivity index (χ2v) is 8.41. The lowest BCUT2D eigenvalue weighted by atomic mass is 9.99. The van der Waals surface area contributed by atoms with Crippen LogP contribution in [0.1, 0.15) is 26.4 Å². The second kappa shape index (κ2) is 10.6. The van der Waals surface area contributed by atoms with Gasteiger partial charge in [0.2, 0.25) is 5.78 Å². The lowest BCUT2D eigenvalue weighted by molar-refractivity contribution is -0.134. The Kier molecular flexibility index (Phi) is 7.35. The summed E-state index contributed by atoms with van der Waals surface area (Å²) in [6, 6.07) is 9.52. The number of benzene rings is 2. The number of ketones is 1. The largest absolute Gasteiger partial charge is 0.493 e. The Hall–Kier alpha value is -4.18. The number of aromatic nitrogens is 1. The van der Waals surface area contributed by atoms with Gasteiger partial charge in [-0.25, -0.2) is 4.79 Å². The third-order valence-corrected chi connectivity index (χ3v) is 6.15. The van der Waals surface area contributed by atoms with Gasteiger partial charge in [0.1, 0.15) is 11.4 Å². The monoisotopic (exact) mass is 493 g/mol. The third-order valence-electron chi connectivity index (χ3n) is 6.15.